The van der Waals surface area contributed by atoms with Gasteiger partial charge in [0.25, 0.3) is 5.91 Å². The van der Waals surface area contributed by atoms with Gasteiger partial charge in [0.15, 0.2) is 0 Å². The lowest BCUT2D eigenvalue weighted by atomic mass is 10.1. The van der Waals surface area contributed by atoms with Crippen LogP contribution in [0.5, 0.6) is 0 Å². The standard InChI is InChI=1S/C15H15FN2O2/c16-11-7-5-10(6-8-11)13-9-14(20-18-13)15(19)17-12-3-1-2-4-12/h5-9,12H,1-4H2,(H,17,19). The van der Waals surface area contributed by atoms with Crippen molar-refractivity contribution in [2.45, 2.75) is 31.7 Å². The van der Waals surface area contributed by atoms with Gasteiger partial charge in [-0.3, -0.25) is 4.79 Å². The van der Waals surface area contributed by atoms with Gasteiger partial charge in [-0.2, -0.15) is 0 Å². The summed E-state index contributed by atoms with van der Waals surface area (Å²) in [6.07, 6.45) is 4.35. The van der Waals surface area contributed by atoms with Gasteiger partial charge in [-0.1, -0.05) is 18.0 Å². The number of hydrogen-bond donors (Lipinski definition) is 1. The van der Waals surface area contributed by atoms with E-state index < -0.39 is 0 Å². The molecule has 0 unspecified atom stereocenters. The third kappa shape index (κ3) is 2.71. The van der Waals surface area contributed by atoms with E-state index >= 15 is 0 Å². The molecule has 3 rings (SSSR count). The number of rotatable bonds is 3. The van der Waals surface area contributed by atoms with Gasteiger partial charge in [-0.05, 0) is 37.1 Å². The zero-order chi connectivity index (χ0) is 13.9. The van der Waals surface area contributed by atoms with Crippen molar-refractivity contribution in [3.8, 4) is 11.3 Å². The minimum absolute atomic E-state index is 0.191. The Morgan fingerprint density at radius 1 is 1.25 bits per heavy atom. The van der Waals surface area contributed by atoms with E-state index in [4.69, 9.17) is 4.52 Å². The number of nitrogens with zero attached hydrogens (tertiary/aromatic N) is 1. The van der Waals surface area contributed by atoms with Crippen molar-refractivity contribution in [2.24, 2.45) is 0 Å². The van der Waals surface area contributed by atoms with E-state index in [-0.39, 0.29) is 23.5 Å². The topological polar surface area (TPSA) is 55.1 Å². The third-order valence-corrected chi connectivity index (χ3v) is 3.56. The van der Waals surface area contributed by atoms with Crippen molar-refractivity contribution in [3.63, 3.8) is 0 Å². The summed E-state index contributed by atoms with van der Waals surface area (Å²) in [6.45, 7) is 0. The van der Waals surface area contributed by atoms with E-state index in [0.717, 1.165) is 31.2 Å². The lowest BCUT2D eigenvalue weighted by Gasteiger charge is -2.09. The summed E-state index contributed by atoms with van der Waals surface area (Å²) in [7, 11) is 0. The molecule has 20 heavy (non-hydrogen) atoms. The highest BCUT2D eigenvalue weighted by Gasteiger charge is 2.20. The molecular formula is C15H15FN2O2. The molecule has 0 bridgehead atoms. The predicted octanol–water partition coefficient (Wildman–Crippen LogP) is 3.15. The number of carbonyl (C=O) groups excluding carboxylic acids is 1. The minimum atomic E-state index is -0.309. The van der Waals surface area contributed by atoms with Gasteiger partial charge in [0.2, 0.25) is 5.76 Å². The number of halogens is 1. The zero-order valence-electron chi connectivity index (χ0n) is 10.9. The van der Waals surface area contributed by atoms with Crippen molar-refractivity contribution < 1.29 is 13.7 Å². The Kier molecular flexibility index (Phi) is 3.50. The molecule has 104 valence electrons. The fraction of sp³-hybridized carbons (Fsp3) is 0.333. The minimum Gasteiger partial charge on any atom is -0.350 e. The molecule has 1 heterocycles. The molecule has 1 aliphatic carbocycles. The second kappa shape index (κ2) is 5.45. The lowest BCUT2D eigenvalue weighted by Crippen LogP contribution is -2.32. The summed E-state index contributed by atoms with van der Waals surface area (Å²) >= 11 is 0. The molecule has 0 atom stereocenters. The summed E-state index contributed by atoms with van der Waals surface area (Å²) in [5.41, 5.74) is 1.25. The predicted molar refractivity (Wildman–Crippen MR) is 71.6 cm³/mol. The molecule has 1 N–H and O–H groups in total. The van der Waals surface area contributed by atoms with E-state index in [1.807, 2.05) is 0 Å². The molecule has 0 radical (unpaired) electrons. The first-order valence-electron chi connectivity index (χ1n) is 6.76. The van der Waals surface area contributed by atoms with Crippen LogP contribution in [0.3, 0.4) is 0 Å². The lowest BCUT2D eigenvalue weighted by molar-refractivity contribution is 0.0900. The van der Waals surface area contributed by atoms with Crippen LogP contribution in [-0.4, -0.2) is 17.1 Å². The average Bonchev–Trinajstić information content (AvgIpc) is 3.10. The Labute approximate surface area is 116 Å². The summed E-state index contributed by atoms with van der Waals surface area (Å²) in [5.74, 6) is -0.356. The molecule has 0 spiro atoms. The number of aromatic nitrogens is 1. The van der Waals surface area contributed by atoms with Crippen molar-refractivity contribution in [1.82, 2.24) is 10.5 Å². The first-order valence-corrected chi connectivity index (χ1v) is 6.76. The largest absolute Gasteiger partial charge is 0.350 e. The van der Waals surface area contributed by atoms with Crippen LogP contribution in [0.1, 0.15) is 36.2 Å². The zero-order valence-corrected chi connectivity index (χ0v) is 10.9. The van der Waals surface area contributed by atoms with Crippen LogP contribution in [0.25, 0.3) is 11.3 Å². The molecule has 1 aromatic carbocycles. The molecule has 1 fully saturated rings. The highest BCUT2D eigenvalue weighted by Crippen LogP contribution is 2.21. The SMILES string of the molecule is O=C(NC1CCCC1)c1cc(-c2ccc(F)cc2)no1. The number of nitrogens with one attached hydrogen (secondary N) is 1. The van der Waals surface area contributed by atoms with Crippen molar-refractivity contribution in [3.05, 3.63) is 41.9 Å². The Hall–Kier alpha value is -2.17. The molecule has 1 saturated carbocycles. The number of hydrogen-bond acceptors (Lipinski definition) is 3. The van der Waals surface area contributed by atoms with Crippen molar-refractivity contribution in [2.75, 3.05) is 0 Å². The summed E-state index contributed by atoms with van der Waals surface area (Å²) < 4.78 is 17.9. The average molecular weight is 274 g/mol. The van der Waals surface area contributed by atoms with E-state index in [1.54, 1.807) is 18.2 Å². The molecule has 4 nitrogen and oxygen atoms in total. The van der Waals surface area contributed by atoms with Gasteiger partial charge in [-0.25, -0.2) is 4.39 Å². The molecule has 1 aliphatic rings. The van der Waals surface area contributed by atoms with Gasteiger partial charge < -0.3 is 9.84 Å². The highest BCUT2D eigenvalue weighted by molar-refractivity contribution is 5.92. The van der Waals surface area contributed by atoms with Gasteiger partial charge in [0.1, 0.15) is 11.5 Å². The molecule has 0 aliphatic heterocycles. The summed E-state index contributed by atoms with van der Waals surface area (Å²) in [4.78, 5) is 12.0. The molecular weight excluding hydrogens is 259 g/mol. The van der Waals surface area contributed by atoms with Crippen molar-refractivity contribution >= 4 is 5.91 Å². The summed E-state index contributed by atoms with van der Waals surface area (Å²) in [6, 6.07) is 7.72. The van der Waals surface area contributed by atoms with E-state index in [0.29, 0.717) is 5.69 Å². The number of carbonyl (C=O) groups is 1. The second-order valence-corrected chi connectivity index (χ2v) is 5.04. The Morgan fingerprint density at radius 2 is 1.95 bits per heavy atom. The number of amides is 1. The highest BCUT2D eigenvalue weighted by atomic mass is 19.1. The fourth-order valence-corrected chi connectivity index (χ4v) is 2.47. The van der Waals surface area contributed by atoms with Crippen LogP contribution in [0.15, 0.2) is 34.9 Å². The molecule has 1 amide bonds. The van der Waals surface area contributed by atoms with E-state index in [1.165, 1.54) is 12.1 Å². The first-order chi connectivity index (χ1) is 9.72. The Morgan fingerprint density at radius 3 is 2.65 bits per heavy atom. The van der Waals surface area contributed by atoms with Gasteiger partial charge in [0, 0.05) is 17.7 Å². The number of benzene rings is 1. The van der Waals surface area contributed by atoms with Crippen LogP contribution in [0.4, 0.5) is 4.39 Å². The van der Waals surface area contributed by atoms with Gasteiger partial charge in [-0.15, -0.1) is 0 Å². The van der Waals surface area contributed by atoms with Crippen LogP contribution in [0, 0.1) is 5.82 Å². The van der Waals surface area contributed by atoms with Crippen molar-refractivity contribution in [1.29, 1.82) is 0 Å². The third-order valence-electron chi connectivity index (χ3n) is 3.56. The summed E-state index contributed by atoms with van der Waals surface area (Å²) in [5, 5.41) is 6.79. The van der Waals surface area contributed by atoms with Crippen LogP contribution in [0.2, 0.25) is 0 Å². The van der Waals surface area contributed by atoms with Crippen LogP contribution >= 0.6 is 0 Å². The first kappa shape index (κ1) is 12.8. The molecule has 0 saturated heterocycles. The maximum atomic E-state index is 12.9. The van der Waals surface area contributed by atoms with Crippen LogP contribution < -0.4 is 5.32 Å². The maximum Gasteiger partial charge on any atom is 0.290 e. The van der Waals surface area contributed by atoms with Crippen LogP contribution in [-0.2, 0) is 0 Å². The Bertz CT molecular complexity index is 601. The molecule has 5 heteroatoms. The monoisotopic (exact) mass is 274 g/mol. The smallest absolute Gasteiger partial charge is 0.290 e. The molecule has 1 aromatic heterocycles. The normalized spacial score (nSPS) is 15.4. The van der Waals surface area contributed by atoms with Gasteiger partial charge >= 0.3 is 0 Å². The molecule has 2 aromatic rings. The van der Waals surface area contributed by atoms with E-state index in [9.17, 15) is 9.18 Å². The quantitative estimate of drug-likeness (QED) is 0.935. The van der Waals surface area contributed by atoms with E-state index in [2.05, 4.69) is 10.5 Å². The van der Waals surface area contributed by atoms with Gasteiger partial charge in [0.05, 0.1) is 0 Å². The Balaban J connectivity index is 1.72. The second-order valence-electron chi connectivity index (χ2n) is 5.04. The maximum absolute atomic E-state index is 12.9. The fourth-order valence-electron chi connectivity index (χ4n) is 2.47.